The fourth-order valence-electron chi connectivity index (χ4n) is 4.03. The fraction of sp³-hybridized carbons (Fsp3) is 0.478. The molecule has 1 aromatic carbocycles. The van der Waals surface area contributed by atoms with Gasteiger partial charge in [0.15, 0.2) is 0 Å². The molecular weight excluding hydrogens is 418 g/mol. The summed E-state index contributed by atoms with van der Waals surface area (Å²) in [6, 6.07) is 8.02. The van der Waals surface area contributed by atoms with Crippen molar-refractivity contribution in [2.45, 2.75) is 52.7 Å². The Labute approximate surface area is 187 Å². The van der Waals surface area contributed by atoms with Gasteiger partial charge in [0.2, 0.25) is 0 Å². The quantitative estimate of drug-likeness (QED) is 0.664. The smallest absolute Gasteiger partial charge is 0.253 e. The molecule has 0 saturated carbocycles. The van der Waals surface area contributed by atoms with Gasteiger partial charge in [-0.3, -0.25) is 14.5 Å². The maximum Gasteiger partial charge on any atom is 0.253 e. The van der Waals surface area contributed by atoms with E-state index in [-0.39, 0.29) is 18.0 Å². The standard InChI is InChI=1S/C23H30ClN3O2S/c1-4-27(20-5-7-30-8-6-20)14-17-10-18(12-19(24)11-17)22(28)25-13-21-15(2)9-16(3)26-23(21)29/h9-12,20H,4-8,13-14H2,1-3H3,(H,25,28)(H,26,29). The topological polar surface area (TPSA) is 65.2 Å². The SMILES string of the molecule is CCN(Cc1cc(Cl)cc(C(=O)NCc2c(C)cc(C)[nH]c2=O)c1)C1CCSCC1. The summed E-state index contributed by atoms with van der Waals surface area (Å²) in [5.74, 6) is 2.19. The van der Waals surface area contributed by atoms with Gasteiger partial charge in [0.25, 0.3) is 11.5 Å². The van der Waals surface area contributed by atoms with Crippen LogP contribution in [0.5, 0.6) is 0 Å². The third-order valence-electron chi connectivity index (χ3n) is 5.64. The highest BCUT2D eigenvalue weighted by Crippen LogP contribution is 2.24. The summed E-state index contributed by atoms with van der Waals surface area (Å²) in [4.78, 5) is 30.2. The summed E-state index contributed by atoms with van der Waals surface area (Å²) >= 11 is 8.36. The number of pyridine rings is 1. The molecule has 2 N–H and O–H groups in total. The zero-order chi connectivity index (χ0) is 21.7. The van der Waals surface area contributed by atoms with Crippen LogP contribution in [-0.2, 0) is 13.1 Å². The minimum absolute atomic E-state index is 0.163. The van der Waals surface area contributed by atoms with Gasteiger partial charge < -0.3 is 10.3 Å². The molecule has 1 saturated heterocycles. The number of nitrogens with one attached hydrogen (secondary N) is 2. The van der Waals surface area contributed by atoms with Crippen molar-refractivity contribution in [3.05, 3.63) is 67.6 Å². The molecule has 0 aliphatic carbocycles. The van der Waals surface area contributed by atoms with Gasteiger partial charge in [0.05, 0.1) is 0 Å². The average Bonchev–Trinajstić information content (AvgIpc) is 2.71. The Morgan fingerprint density at radius 1 is 1.23 bits per heavy atom. The summed E-state index contributed by atoms with van der Waals surface area (Å²) < 4.78 is 0. The molecule has 5 nitrogen and oxygen atoms in total. The number of carbonyl (C=O) groups is 1. The molecule has 1 aromatic heterocycles. The van der Waals surface area contributed by atoms with Crippen LogP contribution in [0.1, 0.15) is 52.5 Å². The number of halogens is 1. The number of benzene rings is 1. The number of aromatic nitrogens is 1. The van der Waals surface area contributed by atoms with Crippen LogP contribution in [0.15, 0.2) is 29.1 Å². The third kappa shape index (κ3) is 5.90. The van der Waals surface area contributed by atoms with Crippen molar-refractivity contribution in [2.24, 2.45) is 0 Å². The summed E-state index contributed by atoms with van der Waals surface area (Å²) in [6.07, 6.45) is 2.41. The number of hydrogen-bond donors (Lipinski definition) is 2. The van der Waals surface area contributed by atoms with Gasteiger partial charge in [-0.25, -0.2) is 0 Å². The number of carbonyl (C=O) groups excluding carboxylic acids is 1. The molecule has 0 radical (unpaired) electrons. The first-order valence-corrected chi connectivity index (χ1v) is 12.0. The van der Waals surface area contributed by atoms with Gasteiger partial charge in [-0.15, -0.1) is 0 Å². The number of aryl methyl sites for hydroxylation is 2. The van der Waals surface area contributed by atoms with Crippen LogP contribution in [0.2, 0.25) is 5.02 Å². The van der Waals surface area contributed by atoms with Gasteiger partial charge in [0, 0.05) is 41.0 Å². The van der Waals surface area contributed by atoms with Crippen molar-refractivity contribution in [2.75, 3.05) is 18.1 Å². The summed E-state index contributed by atoms with van der Waals surface area (Å²) in [6.45, 7) is 7.84. The Balaban J connectivity index is 1.71. The lowest BCUT2D eigenvalue weighted by Gasteiger charge is -2.33. The van der Waals surface area contributed by atoms with Crippen LogP contribution in [0.4, 0.5) is 0 Å². The largest absolute Gasteiger partial charge is 0.348 e. The number of aromatic amines is 1. The molecule has 7 heteroatoms. The molecule has 30 heavy (non-hydrogen) atoms. The van der Waals surface area contributed by atoms with Gasteiger partial charge in [0.1, 0.15) is 0 Å². The van der Waals surface area contributed by atoms with Gasteiger partial charge in [-0.1, -0.05) is 18.5 Å². The molecule has 0 spiro atoms. The molecule has 1 fully saturated rings. The number of thioether (sulfide) groups is 1. The first-order chi connectivity index (χ1) is 14.4. The highest BCUT2D eigenvalue weighted by molar-refractivity contribution is 7.99. The molecule has 2 heterocycles. The van der Waals surface area contributed by atoms with Crippen LogP contribution in [0.3, 0.4) is 0 Å². The van der Waals surface area contributed by atoms with Gasteiger partial charge >= 0.3 is 0 Å². The van der Waals surface area contributed by atoms with Crippen LogP contribution >= 0.6 is 23.4 Å². The molecule has 0 bridgehead atoms. The Bertz CT molecular complexity index is 954. The fourth-order valence-corrected chi connectivity index (χ4v) is 5.37. The second-order valence-electron chi connectivity index (χ2n) is 7.88. The van der Waals surface area contributed by atoms with Crippen molar-refractivity contribution in [1.82, 2.24) is 15.2 Å². The Kier molecular flexibility index (Phi) is 8.03. The van der Waals surface area contributed by atoms with Crippen LogP contribution in [-0.4, -0.2) is 39.9 Å². The number of nitrogens with zero attached hydrogens (tertiary/aromatic N) is 1. The number of amides is 1. The van der Waals surface area contributed by atoms with Gasteiger partial charge in [-0.2, -0.15) is 11.8 Å². The molecule has 0 atom stereocenters. The maximum atomic E-state index is 12.8. The molecule has 2 aromatic rings. The predicted molar refractivity (Wildman–Crippen MR) is 126 cm³/mol. The van der Waals surface area contributed by atoms with E-state index in [0.29, 0.717) is 22.2 Å². The van der Waals surface area contributed by atoms with Crippen LogP contribution in [0.25, 0.3) is 0 Å². The number of rotatable bonds is 7. The van der Waals surface area contributed by atoms with E-state index in [4.69, 9.17) is 11.6 Å². The zero-order valence-electron chi connectivity index (χ0n) is 17.9. The lowest BCUT2D eigenvalue weighted by atomic mass is 10.1. The van der Waals surface area contributed by atoms with E-state index in [9.17, 15) is 9.59 Å². The summed E-state index contributed by atoms with van der Waals surface area (Å²) in [5, 5.41) is 3.42. The second-order valence-corrected chi connectivity index (χ2v) is 9.54. The lowest BCUT2D eigenvalue weighted by molar-refractivity contribution is 0.0950. The van der Waals surface area contributed by atoms with E-state index in [2.05, 4.69) is 22.1 Å². The zero-order valence-corrected chi connectivity index (χ0v) is 19.5. The number of hydrogen-bond acceptors (Lipinski definition) is 4. The van der Waals surface area contributed by atoms with Crippen LogP contribution in [0, 0.1) is 13.8 Å². The monoisotopic (exact) mass is 447 g/mol. The van der Waals surface area contributed by atoms with Crippen molar-refractivity contribution < 1.29 is 4.79 Å². The molecular formula is C23H30ClN3O2S. The minimum Gasteiger partial charge on any atom is -0.348 e. The lowest BCUT2D eigenvalue weighted by Crippen LogP contribution is -2.37. The number of H-pyrrole nitrogens is 1. The second kappa shape index (κ2) is 10.5. The van der Waals surface area contributed by atoms with Gasteiger partial charge in [-0.05, 0) is 80.1 Å². The molecule has 162 valence electrons. The Morgan fingerprint density at radius 2 is 1.97 bits per heavy atom. The highest BCUT2D eigenvalue weighted by atomic mass is 35.5. The van der Waals surface area contributed by atoms with E-state index in [0.717, 1.165) is 29.9 Å². The first kappa shape index (κ1) is 22.9. The van der Waals surface area contributed by atoms with E-state index in [1.54, 1.807) is 6.07 Å². The third-order valence-corrected chi connectivity index (χ3v) is 6.91. The normalized spacial score (nSPS) is 14.8. The molecule has 1 aliphatic heterocycles. The van der Waals surface area contributed by atoms with Crippen molar-refractivity contribution in [3.63, 3.8) is 0 Å². The Hall–Kier alpha value is -1.76. The van der Waals surface area contributed by atoms with Crippen molar-refractivity contribution >= 4 is 29.3 Å². The van der Waals surface area contributed by atoms with E-state index < -0.39 is 0 Å². The van der Waals surface area contributed by atoms with Crippen molar-refractivity contribution in [1.29, 1.82) is 0 Å². The van der Waals surface area contributed by atoms with E-state index in [1.165, 1.54) is 24.3 Å². The predicted octanol–water partition coefficient (Wildman–Crippen LogP) is 4.29. The molecule has 1 amide bonds. The molecule has 0 unspecified atom stereocenters. The summed E-state index contributed by atoms with van der Waals surface area (Å²) in [7, 11) is 0. The van der Waals surface area contributed by atoms with E-state index >= 15 is 0 Å². The van der Waals surface area contributed by atoms with Crippen LogP contribution < -0.4 is 10.9 Å². The van der Waals surface area contributed by atoms with Crippen molar-refractivity contribution in [3.8, 4) is 0 Å². The maximum absolute atomic E-state index is 12.8. The average molecular weight is 448 g/mol. The first-order valence-electron chi connectivity index (χ1n) is 10.5. The summed E-state index contributed by atoms with van der Waals surface area (Å²) in [5.41, 5.74) is 3.65. The molecule has 1 aliphatic rings. The highest BCUT2D eigenvalue weighted by Gasteiger charge is 2.21. The molecule has 3 rings (SSSR count). The minimum atomic E-state index is -0.227. The Morgan fingerprint density at radius 3 is 2.63 bits per heavy atom. The van der Waals surface area contributed by atoms with E-state index in [1.807, 2.05) is 43.8 Å².